The van der Waals surface area contributed by atoms with E-state index in [2.05, 4.69) is 33.9 Å². The molecule has 1 atom stereocenters. The summed E-state index contributed by atoms with van der Waals surface area (Å²) in [6, 6.07) is 11.7. The summed E-state index contributed by atoms with van der Waals surface area (Å²) in [5, 5.41) is 8.44. The number of amides is 1. The van der Waals surface area contributed by atoms with Crippen LogP contribution in [-0.2, 0) is 0 Å². The predicted molar refractivity (Wildman–Crippen MR) is 122 cm³/mol. The highest BCUT2D eigenvalue weighted by molar-refractivity contribution is 7.98. The Labute approximate surface area is 184 Å². The molecule has 1 N–H and O–H groups in total. The maximum Gasteiger partial charge on any atom is 0.257 e. The molecule has 8 heteroatoms. The van der Waals surface area contributed by atoms with Gasteiger partial charge in [0.25, 0.3) is 5.91 Å². The van der Waals surface area contributed by atoms with Gasteiger partial charge in [-0.2, -0.15) is 15.0 Å². The Morgan fingerprint density at radius 1 is 1.19 bits per heavy atom. The first-order valence-corrected chi connectivity index (χ1v) is 11.2. The fourth-order valence-corrected chi connectivity index (χ4v) is 4.47. The Kier molecular flexibility index (Phi) is 4.86. The topological polar surface area (TPSA) is 79.7 Å². The summed E-state index contributed by atoms with van der Waals surface area (Å²) in [6.07, 6.45) is 5.93. The molecule has 0 spiro atoms. The molecular weight excluding hydrogens is 408 g/mol. The quantitative estimate of drug-likeness (QED) is 0.385. The summed E-state index contributed by atoms with van der Waals surface area (Å²) in [4.78, 5) is 26.5. The van der Waals surface area contributed by atoms with Crippen molar-refractivity contribution >= 4 is 28.7 Å². The van der Waals surface area contributed by atoms with Gasteiger partial charge in [-0.3, -0.25) is 4.79 Å². The van der Waals surface area contributed by atoms with Gasteiger partial charge in [0.15, 0.2) is 0 Å². The van der Waals surface area contributed by atoms with Crippen LogP contribution in [0.4, 0.5) is 0 Å². The van der Waals surface area contributed by atoms with Gasteiger partial charge in [-0.15, -0.1) is 11.8 Å². The Bertz CT molecular complexity index is 1290. The summed E-state index contributed by atoms with van der Waals surface area (Å²) in [6.45, 7) is 6.63. The lowest BCUT2D eigenvalue weighted by Gasteiger charge is -2.24. The largest absolute Gasteiger partial charge is 0.340 e. The number of aromatic amines is 1. The lowest BCUT2D eigenvalue weighted by atomic mass is 10.1. The normalized spacial score (nSPS) is 16.4. The van der Waals surface area contributed by atoms with E-state index in [1.807, 2.05) is 42.3 Å². The van der Waals surface area contributed by atoms with Crippen LogP contribution in [0.25, 0.3) is 16.7 Å². The molecule has 5 rings (SSSR count). The molecule has 1 amide bonds. The summed E-state index contributed by atoms with van der Waals surface area (Å²) in [5.74, 6) is 0.705. The van der Waals surface area contributed by atoms with Crippen LogP contribution in [0.15, 0.2) is 65.8 Å². The zero-order valence-electron chi connectivity index (χ0n) is 17.4. The van der Waals surface area contributed by atoms with Crippen LogP contribution in [0.3, 0.4) is 0 Å². The maximum absolute atomic E-state index is 13.7. The second kappa shape index (κ2) is 7.70. The van der Waals surface area contributed by atoms with Gasteiger partial charge in [-0.05, 0) is 49.9 Å². The molecule has 3 heterocycles. The highest BCUT2D eigenvalue weighted by Crippen LogP contribution is 2.36. The smallest absolute Gasteiger partial charge is 0.257 e. The SMILES string of the molecule is C=C1CC(c2nc3cc(SC)ccc3[nH]2)N(C(=O)c2cc(C)ccc2-n2nccn2)C1. The third-order valence-corrected chi connectivity index (χ3v) is 6.28. The minimum absolute atomic E-state index is 0.0788. The zero-order chi connectivity index (χ0) is 21.5. The summed E-state index contributed by atoms with van der Waals surface area (Å²) in [7, 11) is 0. The standard InChI is InChI=1S/C23H22N6OS/c1-14-4-7-20(29-24-8-9-25-29)17(10-14)23(30)28-13-15(2)11-21(28)22-26-18-6-5-16(31-3)12-19(18)27-22/h4-10,12,21H,2,11,13H2,1,3H3,(H,26,27). The van der Waals surface area contributed by atoms with Crippen molar-refractivity contribution in [3.05, 3.63) is 77.9 Å². The molecule has 1 fully saturated rings. The molecule has 1 aliphatic heterocycles. The molecular formula is C23H22N6OS. The van der Waals surface area contributed by atoms with Gasteiger partial charge in [-0.25, -0.2) is 4.98 Å². The average Bonchev–Trinajstić information content (AvgIpc) is 3.51. The fourth-order valence-electron chi connectivity index (χ4n) is 4.04. The van der Waals surface area contributed by atoms with E-state index in [4.69, 9.17) is 4.98 Å². The van der Waals surface area contributed by atoms with Crippen LogP contribution in [-0.4, -0.2) is 48.6 Å². The number of hydrogen-bond acceptors (Lipinski definition) is 5. The van der Waals surface area contributed by atoms with Gasteiger partial charge in [0.2, 0.25) is 0 Å². The first kappa shape index (κ1) is 19.6. The Balaban J connectivity index is 1.55. The molecule has 4 aromatic rings. The minimum Gasteiger partial charge on any atom is -0.340 e. The maximum atomic E-state index is 13.7. The van der Waals surface area contributed by atoms with Crippen molar-refractivity contribution in [2.75, 3.05) is 12.8 Å². The second-order valence-electron chi connectivity index (χ2n) is 7.75. The number of aryl methyl sites for hydroxylation is 1. The van der Waals surface area contributed by atoms with Crippen LogP contribution in [0.1, 0.15) is 34.2 Å². The molecule has 1 saturated heterocycles. The van der Waals surface area contributed by atoms with Gasteiger partial charge in [0.05, 0.1) is 40.7 Å². The van der Waals surface area contributed by atoms with E-state index in [-0.39, 0.29) is 11.9 Å². The molecule has 0 radical (unpaired) electrons. The monoisotopic (exact) mass is 430 g/mol. The number of nitrogens with one attached hydrogen (secondary N) is 1. The number of fused-ring (bicyclic) bond motifs is 1. The van der Waals surface area contributed by atoms with E-state index in [1.165, 1.54) is 4.80 Å². The number of carbonyl (C=O) groups is 1. The molecule has 2 aromatic heterocycles. The van der Waals surface area contributed by atoms with Crippen LogP contribution >= 0.6 is 11.8 Å². The number of imidazole rings is 1. The summed E-state index contributed by atoms with van der Waals surface area (Å²) < 4.78 is 0. The Morgan fingerprint density at radius 2 is 2.00 bits per heavy atom. The number of thioether (sulfide) groups is 1. The fraction of sp³-hybridized carbons (Fsp3) is 0.217. The summed E-state index contributed by atoms with van der Waals surface area (Å²) in [5.41, 5.74) is 5.11. The minimum atomic E-state index is -0.191. The molecule has 1 unspecified atom stereocenters. The highest BCUT2D eigenvalue weighted by atomic mass is 32.2. The molecule has 2 aromatic carbocycles. The van der Waals surface area contributed by atoms with Gasteiger partial charge >= 0.3 is 0 Å². The first-order valence-electron chi connectivity index (χ1n) is 10.0. The molecule has 0 saturated carbocycles. The van der Waals surface area contributed by atoms with E-state index in [9.17, 15) is 4.79 Å². The van der Waals surface area contributed by atoms with Gasteiger partial charge < -0.3 is 9.88 Å². The number of carbonyl (C=O) groups excluding carboxylic acids is 1. The van der Waals surface area contributed by atoms with Crippen LogP contribution in [0, 0.1) is 6.92 Å². The third-order valence-electron chi connectivity index (χ3n) is 5.55. The van der Waals surface area contributed by atoms with Crippen molar-refractivity contribution in [3.63, 3.8) is 0 Å². The van der Waals surface area contributed by atoms with Crippen molar-refractivity contribution in [1.29, 1.82) is 0 Å². The van der Waals surface area contributed by atoms with Crippen LogP contribution in [0.2, 0.25) is 0 Å². The van der Waals surface area contributed by atoms with Crippen LogP contribution < -0.4 is 0 Å². The number of aromatic nitrogens is 5. The first-order chi connectivity index (χ1) is 15.0. The molecule has 0 bridgehead atoms. The number of likely N-dealkylation sites (tertiary alicyclic amines) is 1. The number of nitrogens with zero attached hydrogens (tertiary/aromatic N) is 5. The van der Waals surface area contributed by atoms with Crippen molar-refractivity contribution < 1.29 is 4.79 Å². The summed E-state index contributed by atoms with van der Waals surface area (Å²) >= 11 is 1.68. The van der Waals surface area contributed by atoms with E-state index >= 15 is 0 Å². The molecule has 31 heavy (non-hydrogen) atoms. The number of H-pyrrole nitrogens is 1. The predicted octanol–water partition coefficient (Wildman–Crippen LogP) is 4.32. The lowest BCUT2D eigenvalue weighted by Crippen LogP contribution is -2.32. The van der Waals surface area contributed by atoms with E-state index in [1.54, 1.807) is 24.2 Å². The lowest BCUT2D eigenvalue weighted by molar-refractivity contribution is 0.0732. The van der Waals surface area contributed by atoms with Crippen molar-refractivity contribution in [1.82, 2.24) is 29.9 Å². The second-order valence-corrected chi connectivity index (χ2v) is 8.63. The van der Waals surface area contributed by atoms with Gasteiger partial charge in [0.1, 0.15) is 5.82 Å². The van der Waals surface area contributed by atoms with Crippen LogP contribution in [0.5, 0.6) is 0 Å². The van der Waals surface area contributed by atoms with E-state index < -0.39 is 0 Å². The van der Waals surface area contributed by atoms with Gasteiger partial charge in [0, 0.05) is 11.4 Å². The Hall–Kier alpha value is -3.39. The van der Waals surface area contributed by atoms with Crippen molar-refractivity contribution in [3.8, 4) is 5.69 Å². The zero-order valence-corrected chi connectivity index (χ0v) is 18.2. The molecule has 1 aliphatic rings. The molecule has 0 aliphatic carbocycles. The number of hydrogen-bond donors (Lipinski definition) is 1. The van der Waals surface area contributed by atoms with Crippen molar-refractivity contribution in [2.24, 2.45) is 0 Å². The molecule has 156 valence electrons. The van der Waals surface area contributed by atoms with E-state index in [0.717, 1.165) is 32.9 Å². The van der Waals surface area contributed by atoms with Gasteiger partial charge in [-0.1, -0.05) is 23.8 Å². The molecule has 7 nitrogen and oxygen atoms in total. The number of benzene rings is 2. The highest BCUT2D eigenvalue weighted by Gasteiger charge is 2.35. The van der Waals surface area contributed by atoms with E-state index in [0.29, 0.717) is 24.2 Å². The third kappa shape index (κ3) is 3.53. The van der Waals surface area contributed by atoms with Crippen molar-refractivity contribution in [2.45, 2.75) is 24.3 Å². The average molecular weight is 431 g/mol. The number of rotatable bonds is 4. The Morgan fingerprint density at radius 3 is 2.77 bits per heavy atom.